The first-order valence-corrected chi connectivity index (χ1v) is 11.6. The van der Waals surface area contributed by atoms with Crippen molar-refractivity contribution in [3.05, 3.63) is 66.0 Å². The SMILES string of the molecule is COc1cccc(C(=O)N2CC(NS(C)(=O)=O)CC2c2nc(-c3ccccc3)n[nH]2)c1. The number of hydrogen-bond acceptors (Lipinski definition) is 6. The van der Waals surface area contributed by atoms with Crippen molar-refractivity contribution in [2.75, 3.05) is 19.9 Å². The van der Waals surface area contributed by atoms with Crippen molar-refractivity contribution < 1.29 is 17.9 Å². The molecule has 2 N–H and O–H groups in total. The number of H-pyrrole nitrogens is 1. The Morgan fingerprint density at radius 1 is 1.19 bits per heavy atom. The lowest BCUT2D eigenvalue weighted by Gasteiger charge is -2.23. The predicted molar refractivity (Wildman–Crippen MR) is 115 cm³/mol. The van der Waals surface area contributed by atoms with Gasteiger partial charge in [-0.3, -0.25) is 9.89 Å². The van der Waals surface area contributed by atoms with Gasteiger partial charge in [0.2, 0.25) is 10.0 Å². The Balaban J connectivity index is 1.66. The zero-order valence-corrected chi connectivity index (χ0v) is 18.0. The Hall–Kier alpha value is -3.24. The van der Waals surface area contributed by atoms with Gasteiger partial charge in [0.05, 0.1) is 19.4 Å². The smallest absolute Gasteiger partial charge is 0.254 e. The fourth-order valence-corrected chi connectivity index (χ4v) is 4.55. The number of benzene rings is 2. The Kier molecular flexibility index (Phi) is 5.75. The minimum absolute atomic E-state index is 0.217. The summed E-state index contributed by atoms with van der Waals surface area (Å²) in [4.78, 5) is 19.5. The number of carbonyl (C=O) groups excluding carboxylic acids is 1. The fraction of sp³-hybridized carbons (Fsp3) is 0.286. The number of sulfonamides is 1. The lowest BCUT2D eigenvalue weighted by atomic mass is 10.1. The molecule has 2 atom stereocenters. The van der Waals surface area contributed by atoms with Crippen LogP contribution in [0, 0.1) is 0 Å². The lowest BCUT2D eigenvalue weighted by Crippen LogP contribution is -2.38. The number of ether oxygens (including phenoxy) is 1. The molecule has 2 aromatic carbocycles. The summed E-state index contributed by atoms with van der Waals surface area (Å²) in [5.74, 6) is 1.36. The third kappa shape index (κ3) is 4.75. The molecule has 162 valence electrons. The molecule has 9 nitrogen and oxygen atoms in total. The molecule has 3 aromatic rings. The van der Waals surface area contributed by atoms with E-state index in [0.717, 1.165) is 11.8 Å². The van der Waals surface area contributed by atoms with Crippen LogP contribution in [0.3, 0.4) is 0 Å². The highest BCUT2D eigenvalue weighted by molar-refractivity contribution is 7.88. The molecule has 1 aliphatic heterocycles. The van der Waals surface area contributed by atoms with Gasteiger partial charge in [0, 0.05) is 23.7 Å². The quantitative estimate of drug-likeness (QED) is 0.604. The largest absolute Gasteiger partial charge is 0.497 e. The van der Waals surface area contributed by atoms with Crippen molar-refractivity contribution in [2.45, 2.75) is 18.5 Å². The Morgan fingerprint density at radius 2 is 1.97 bits per heavy atom. The molecule has 0 saturated carbocycles. The minimum atomic E-state index is -3.43. The standard InChI is InChI=1S/C21H23N5O4S/c1-30-17-10-6-9-15(11-17)21(27)26-13-16(25-31(2,28)29)12-18(26)20-22-19(23-24-20)14-7-4-3-5-8-14/h3-11,16,18,25H,12-13H2,1-2H3,(H,22,23,24). The van der Waals surface area contributed by atoms with Gasteiger partial charge in [0.1, 0.15) is 11.6 Å². The van der Waals surface area contributed by atoms with E-state index in [1.807, 2.05) is 30.3 Å². The summed E-state index contributed by atoms with van der Waals surface area (Å²) in [5.41, 5.74) is 1.30. The molecule has 1 amide bonds. The van der Waals surface area contributed by atoms with Crippen LogP contribution in [-0.2, 0) is 10.0 Å². The van der Waals surface area contributed by atoms with Crippen molar-refractivity contribution in [3.63, 3.8) is 0 Å². The van der Waals surface area contributed by atoms with Crippen molar-refractivity contribution >= 4 is 15.9 Å². The molecule has 0 radical (unpaired) electrons. The van der Waals surface area contributed by atoms with Crippen molar-refractivity contribution in [1.29, 1.82) is 0 Å². The summed E-state index contributed by atoms with van der Waals surface area (Å²) in [7, 11) is -1.89. The van der Waals surface area contributed by atoms with Crippen LogP contribution in [0.15, 0.2) is 54.6 Å². The van der Waals surface area contributed by atoms with Crippen LogP contribution in [0.5, 0.6) is 5.75 Å². The number of aromatic nitrogens is 3. The van der Waals surface area contributed by atoms with Gasteiger partial charge in [-0.2, -0.15) is 5.10 Å². The highest BCUT2D eigenvalue weighted by atomic mass is 32.2. The first-order valence-electron chi connectivity index (χ1n) is 9.74. The zero-order chi connectivity index (χ0) is 22.0. The van der Waals surface area contributed by atoms with Gasteiger partial charge in [0.15, 0.2) is 5.82 Å². The molecule has 0 aliphatic carbocycles. The van der Waals surface area contributed by atoms with Crippen LogP contribution >= 0.6 is 0 Å². The molecule has 0 spiro atoms. The molecule has 31 heavy (non-hydrogen) atoms. The predicted octanol–water partition coefficient (Wildman–Crippen LogP) is 1.99. The Bertz CT molecular complexity index is 1180. The molecule has 0 bridgehead atoms. The summed E-state index contributed by atoms with van der Waals surface area (Å²) < 4.78 is 31.4. The van der Waals surface area contributed by atoms with Gasteiger partial charge in [-0.1, -0.05) is 36.4 Å². The second-order valence-corrected chi connectivity index (χ2v) is 9.22. The number of nitrogens with one attached hydrogen (secondary N) is 2. The highest BCUT2D eigenvalue weighted by Gasteiger charge is 2.39. The number of amides is 1. The monoisotopic (exact) mass is 441 g/mol. The third-order valence-corrected chi connectivity index (χ3v) is 5.87. The van der Waals surface area contributed by atoms with Crippen molar-refractivity contribution in [3.8, 4) is 17.1 Å². The normalized spacial score (nSPS) is 18.8. The summed E-state index contributed by atoms with van der Waals surface area (Å²) >= 11 is 0. The van der Waals surface area contributed by atoms with Crippen LogP contribution in [0.2, 0.25) is 0 Å². The van der Waals surface area contributed by atoms with E-state index in [4.69, 9.17) is 4.74 Å². The molecular formula is C21H23N5O4S. The van der Waals surface area contributed by atoms with Gasteiger partial charge in [-0.25, -0.2) is 18.1 Å². The highest BCUT2D eigenvalue weighted by Crippen LogP contribution is 2.33. The topological polar surface area (TPSA) is 117 Å². The zero-order valence-electron chi connectivity index (χ0n) is 17.1. The van der Waals surface area contributed by atoms with Crippen LogP contribution in [0.25, 0.3) is 11.4 Å². The second kappa shape index (κ2) is 8.48. The maximum atomic E-state index is 13.3. The third-order valence-electron chi connectivity index (χ3n) is 5.11. The number of likely N-dealkylation sites (tertiary alicyclic amines) is 1. The molecule has 2 heterocycles. The lowest BCUT2D eigenvalue weighted by molar-refractivity contribution is 0.0728. The molecule has 1 saturated heterocycles. The van der Waals surface area contributed by atoms with Gasteiger partial charge in [-0.15, -0.1) is 0 Å². The van der Waals surface area contributed by atoms with Crippen LogP contribution in [0.4, 0.5) is 0 Å². The first kappa shape index (κ1) is 21.0. The van der Waals surface area contributed by atoms with Gasteiger partial charge in [-0.05, 0) is 24.6 Å². The number of rotatable bonds is 6. The van der Waals surface area contributed by atoms with Gasteiger partial charge in [0.25, 0.3) is 5.91 Å². The second-order valence-electron chi connectivity index (χ2n) is 7.44. The van der Waals surface area contributed by atoms with E-state index in [-0.39, 0.29) is 12.5 Å². The number of methoxy groups -OCH3 is 1. The average Bonchev–Trinajstić information content (AvgIpc) is 3.40. The molecule has 4 rings (SSSR count). The summed E-state index contributed by atoms with van der Waals surface area (Å²) in [5, 5.41) is 7.22. The molecule has 10 heteroatoms. The van der Waals surface area contributed by atoms with E-state index < -0.39 is 22.1 Å². The molecule has 1 aromatic heterocycles. The fourth-order valence-electron chi connectivity index (χ4n) is 3.77. The number of aromatic amines is 1. The summed E-state index contributed by atoms with van der Waals surface area (Å²) in [6.07, 6.45) is 1.49. The average molecular weight is 442 g/mol. The van der Waals surface area contributed by atoms with E-state index in [9.17, 15) is 13.2 Å². The molecule has 1 aliphatic rings. The van der Waals surface area contributed by atoms with E-state index in [1.165, 1.54) is 7.11 Å². The van der Waals surface area contributed by atoms with E-state index in [1.54, 1.807) is 29.2 Å². The van der Waals surface area contributed by atoms with Crippen LogP contribution < -0.4 is 9.46 Å². The maximum absolute atomic E-state index is 13.3. The van der Waals surface area contributed by atoms with Gasteiger partial charge >= 0.3 is 0 Å². The first-order chi connectivity index (χ1) is 14.8. The van der Waals surface area contributed by atoms with Crippen LogP contribution in [0.1, 0.15) is 28.6 Å². The summed E-state index contributed by atoms with van der Waals surface area (Å²) in [6.45, 7) is 0.217. The Labute approximate surface area is 180 Å². The van der Waals surface area contributed by atoms with Crippen molar-refractivity contribution in [1.82, 2.24) is 24.8 Å². The molecule has 2 unspecified atom stereocenters. The van der Waals surface area contributed by atoms with Crippen molar-refractivity contribution in [2.24, 2.45) is 0 Å². The van der Waals surface area contributed by atoms with Crippen LogP contribution in [-0.4, -0.2) is 60.4 Å². The molecular weight excluding hydrogens is 418 g/mol. The van der Waals surface area contributed by atoms with E-state index in [2.05, 4.69) is 19.9 Å². The minimum Gasteiger partial charge on any atom is -0.497 e. The van der Waals surface area contributed by atoms with E-state index in [0.29, 0.717) is 29.4 Å². The number of nitrogens with zero attached hydrogens (tertiary/aromatic N) is 3. The van der Waals surface area contributed by atoms with E-state index >= 15 is 0 Å². The summed E-state index contributed by atoms with van der Waals surface area (Å²) in [6, 6.07) is 15.5. The van der Waals surface area contributed by atoms with Gasteiger partial charge < -0.3 is 9.64 Å². The number of carbonyl (C=O) groups is 1. The number of hydrogen-bond donors (Lipinski definition) is 2. The molecule has 1 fully saturated rings. The Morgan fingerprint density at radius 3 is 2.68 bits per heavy atom. The maximum Gasteiger partial charge on any atom is 0.254 e.